The Morgan fingerprint density at radius 2 is 2.16 bits per heavy atom. The van der Waals surface area contributed by atoms with Gasteiger partial charge in [0.1, 0.15) is 24.8 Å². The van der Waals surface area contributed by atoms with Crippen LogP contribution in [-0.4, -0.2) is 41.4 Å². The molecule has 124 valence electrons. The number of aromatic nitrogens is 6. The van der Waals surface area contributed by atoms with Crippen molar-refractivity contribution in [1.82, 2.24) is 29.7 Å². The number of thiazole rings is 1. The van der Waals surface area contributed by atoms with Gasteiger partial charge in [0.25, 0.3) is 0 Å². The molecule has 3 aromatic heterocycles. The number of amides is 1. The van der Waals surface area contributed by atoms with E-state index in [1.807, 2.05) is 24.3 Å². The molecule has 0 aliphatic rings. The van der Waals surface area contributed by atoms with E-state index >= 15 is 0 Å². The van der Waals surface area contributed by atoms with Gasteiger partial charge < -0.3 is 5.32 Å². The van der Waals surface area contributed by atoms with E-state index in [0.29, 0.717) is 11.6 Å². The minimum Gasteiger partial charge on any atom is -0.310 e. The van der Waals surface area contributed by atoms with Crippen LogP contribution >= 0.6 is 23.1 Å². The fraction of sp³-hybridized carbons (Fsp3) is 0.0667. The van der Waals surface area contributed by atoms with Gasteiger partial charge in [-0.05, 0) is 12.1 Å². The molecule has 3 heterocycles. The van der Waals surface area contributed by atoms with Crippen LogP contribution in [0.1, 0.15) is 0 Å². The fourth-order valence-electron chi connectivity index (χ4n) is 2.09. The Hall–Kier alpha value is -2.85. The summed E-state index contributed by atoms with van der Waals surface area (Å²) in [5.74, 6) is 1.03. The van der Waals surface area contributed by atoms with E-state index in [1.165, 1.54) is 35.4 Å². The second-order valence-corrected chi connectivity index (χ2v) is 7.14. The first-order valence-electron chi connectivity index (χ1n) is 7.23. The van der Waals surface area contributed by atoms with Crippen LogP contribution in [0.25, 0.3) is 16.0 Å². The van der Waals surface area contributed by atoms with Gasteiger partial charge in [-0.1, -0.05) is 23.9 Å². The number of nitrogens with one attached hydrogen (secondary N) is 1. The molecule has 4 rings (SSSR count). The average molecular weight is 369 g/mol. The van der Waals surface area contributed by atoms with Crippen molar-refractivity contribution >= 4 is 45.0 Å². The van der Waals surface area contributed by atoms with Crippen molar-refractivity contribution in [3.63, 3.8) is 0 Å². The van der Waals surface area contributed by atoms with Gasteiger partial charge in [-0.3, -0.25) is 4.79 Å². The van der Waals surface area contributed by atoms with Crippen molar-refractivity contribution in [3.8, 4) is 5.82 Å². The molecule has 0 aliphatic heterocycles. The maximum absolute atomic E-state index is 12.1. The molecule has 8 nitrogen and oxygen atoms in total. The number of fused-ring (bicyclic) bond motifs is 1. The lowest BCUT2D eigenvalue weighted by molar-refractivity contribution is -0.113. The molecule has 25 heavy (non-hydrogen) atoms. The van der Waals surface area contributed by atoms with Crippen molar-refractivity contribution in [1.29, 1.82) is 0 Å². The van der Waals surface area contributed by atoms with Crippen LogP contribution in [0.15, 0.2) is 53.7 Å². The van der Waals surface area contributed by atoms with Crippen LogP contribution in [0, 0.1) is 0 Å². The van der Waals surface area contributed by atoms with E-state index in [2.05, 4.69) is 30.4 Å². The minimum atomic E-state index is -0.160. The van der Waals surface area contributed by atoms with Gasteiger partial charge in [0.15, 0.2) is 10.2 Å². The van der Waals surface area contributed by atoms with Gasteiger partial charge >= 0.3 is 0 Å². The molecule has 0 aliphatic carbocycles. The van der Waals surface area contributed by atoms with Crippen LogP contribution in [0.5, 0.6) is 0 Å². The summed E-state index contributed by atoms with van der Waals surface area (Å²) in [7, 11) is 0. The molecule has 0 fully saturated rings. The second-order valence-electron chi connectivity index (χ2n) is 4.89. The Labute approximate surface area is 150 Å². The number of thioether (sulfide) groups is 1. The van der Waals surface area contributed by atoms with Gasteiger partial charge in [-0.2, -0.15) is 5.10 Å². The summed E-state index contributed by atoms with van der Waals surface area (Å²) in [6.07, 6.45) is 4.30. The monoisotopic (exact) mass is 369 g/mol. The molecule has 0 bridgehead atoms. The highest BCUT2D eigenvalue weighted by molar-refractivity contribution is 8.01. The number of benzene rings is 1. The summed E-state index contributed by atoms with van der Waals surface area (Å²) < 4.78 is 3.47. The molecule has 4 aromatic rings. The molecule has 1 amide bonds. The van der Waals surface area contributed by atoms with Crippen molar-refractivity contribution in [2.75, 3.05) is 11.1 Å². The number of nitrogens with zero attached hydrogens (tertiary/aromatic N) is 6. The van der Waals surface area contributed by atoms with E-state index in [9.17, 15) is 4.79 Å². The van der Waals surface area contributed by atoms with Crippen LogP contribution in [-0.2, 0) is 4.79 Å². The zero-order valence-electron chi connectivity index (χ0n) is 12.7. The third kappa shape index (κ3) is 3.64. The largest absolute Gasteiger partial charge is 0.310 e. The zero-order chi connectivity index (χ0) is 17.1. The quantitative estimate of drug-likeness (QED) is 0.539. The van der Waals surface area contributed by atoms with Crippen LogP contribution in [0.3, 0.4) is 0 Å². The third-order valence-corrected chi connectivity index (χ3v) is 5.35. The molecular weight excluding hydrogens is 358 g/mol. The lowest BCUT2D eigenvalue weighted by Crippen LogP contribution is -2.15. The minimum absolute atomic E-state index is 0.160. The number of carbonyl (C=O) groups excluding carboxylic acids is 1. The SMILES string of the molecule is O=C(CSc1nc2ccccc2s1)Nc1cc(-n2cncn2)ncn1. The molecule has 0 unspecified atom stereocenters. The lowest BCUT2D eigenvalue weighted by Gasteiger charge is -2.05. The van der Waals surface area contributed by atoms with E-state index in [0.717, 1.165) is 14.6 Å². The van der Waals surface area contributed by atoms with Crippen LogP contribution in [0.2, 0.25) is 0 Å². The second kappa shape index (κ2) is 6.95. The Kier molecular flexibility index (Phi) is 4.36. The standard InChI is InChI=1S/C15H11N7OS2/c23-14(6-24-15-20-10-3-1-2-4-11(10)25-15)21-12-5-13(18-8-17-12)22-9-16-7-19-22/h1-5,7-9H,6H2,(H,17,18,21,23). The van der Waals surface area contributed by atoms with Crippen LogP contribution in [0.4, 0.5) is 5.82 Å². The zero-order valence-corrected chi connectivity index (χ0v) is 14.4. The first-order chi connectivity index (χ1) is 12.3. The Morgan fingerprint density at radius 1 is 1.24 bits per heavy atom. The van der Waals surface area contributed by atoms with Gasteiger partial charge in [0.05, 0.1) is 16.0 Å². The number of rotatable bonds is 5. The average Bonchev–Trinajstić information content (AvgIpc) is 3.29. The Balaban J connectivity index is 1.39. The van der Waals surface area contributed by atoms with Crippen LogP contribution < -0.4 is 5.32 Å². The van der Waals surface area contributed by atoms with Gasteiger partial charge in [-0.25, -0.2) is 24.6 Å². The Bertz CT molecular complexity index is 983. The molecule has 0 saturated heterocycles. The molecule has 10 heteroatoms. The molecule has 0 atom stereocenters. The number of carbonyl (C=O) groups is 1. The lowest BCUT2D eigenvalue weighted by atomic mass is 10.3. The molecule has 1 aromatic carbocycles. The third-order valence-electron chi connectivity index (χ3n) is 3.17. The number of para-hydroxylation sites is 1. The summed E-state index contributed by atoms with van der Waals surface area (Å²) in [5.41, 5.74) is 0.948. The summed E-state index contributed by atoms with van der Waals surface area (Å²) >= 11 is 2.97. The predicted octanol–water partition coefficient (Wildman–Crippen LogP) is 2.40. The maximum atomic E-state index is 12.1. The molecule has 0 radical (unpaired) electrons. The van der Waals surface area contributed by atoms with Crippen molar-refractivity contribution in [2.24, 2.45) is 0 Å². The highest BCUT2D eigenvalue weighted by atomic mass is 32.2. The number of hydrogen-bond acceptors (Lipinski definition) is 8. The smallest absolute Gasteiger partial charge is 0.235 e. The van der Waals surface area contributed by atoms with Gasteiger partial charge in [-0.15, -0.1) is 11.3 Å². The van der Waals surface area contributed by atoms with Gasteiger partial charge in [0.2, 0.25) is 5.91 Å². The fourth-order valence-corrected chi connectivity index (χ4v) is 3.95. The van der Waals surface area contributed by atoms with E-state index in [4.69, 9.17) is 0 Å². The highest BCUT2D eigenvalue weighted by Gasteiger charge is 2.09. The highest BCUT2D eigenvalue weighted by Crippen LogP contribution is 2.29. The van der Waals surface area contributed by atoms with Crippen molar-refractivity contribution in [2.45, 2.75) is 4.34 Å². The first-order valence-corrected chi connectivity index (χ1v) is 9.03. The predicted molar refractivity (Wildman–Crippen MR) is 95.9 cm³/mol. The Morgan fingerprint density at radius 3 is 3.00 bits per heavy atom. The number of hydrogen-bond donors (Lipinski definition) is 1. The number of anilines is 1. The maximum Gasteiger partial charge on any atom is 0.235 e. The normalized spacial score (nSPS) is 10.9. The molecule has 0 saturated carbocycles. The molecule has 1 N–H and O–H groups in total. The topological polar surface area (TPSA) is 98.5 Å². The van der Waals surface area contributed by atoms with Crippen molar-refractivity contribution in [3.05, 3.63) is 49.3 Å². The summed E-state index contributed by atoms with van der Waals surface area (Å²) in [6, 6.07) is 9.54. The van der Waals surface area contributed by atoms with Crippen molar-refractivity contribution < 1.29 is 4.79 Å². The summed E-state index contributed by atoms with van der Waals surface area (Å²) in [6.45, 7) is 0. The van der Waals surface area contributed by atoms with E-state index < -0.39 is 0 Å². The molecular formula is C15H11N7OS2. The summed E-state index contributed by atoms with van der Waals surface area (Å²) in [4.78, 5) is 28.7. The van der Waals surface area contributed by atoms with E-state index in [1.54, 1.807) is 17.4 Å². The summed E-state index contributed by atoms with van der Waals surface area (Å²) in [5, 5.41) is 6.75. The van der Waals surface area contributed by atoms with E-state index in [-0.39, 0.29) is 11.7 Å². The molecule has 0 spiro atoms. The first kappa shape index (κ1) is 15.7. The van der Waals surface area contributed by atoms with Gasteiger partial charge in [0, 0.05) is 6.07 Å².